The van der Waals surface area contributed by atoms with E-state index in [9.17, 15) is 4.21 Å². The zero-order chi connectivity index (χ0) is 10.8. The lowest BCUT2D eigenvalue weighted by molar-refractivity contribution is 0.563. The van der Waals surface area contributed by atoms with Crippen LogP contribution in [-0.4, -0.2) is 13.7 Å². The fraction of sp³-hybridized carbons (Fsp3) is 0.100. The van der Waals surface area contributed by atoms with Gasteiger partial charge >= 0.3 is 0 Å². The Labute approximate surface area is 89.4 Å². The molecule has 1 atom stereocenters. The zero-order valence-corrected chi connectivity index (χ0v) is 8.70. The molecule has 0 aliphatic carbocycles. The van der Waals surface area contributed by atoms with Crippen molar-refractivity contribution in [2.24, 2.45) is 0 Å². The lowest BCUT2D eigenvalue weighted by Gasteiger charge is -2.06. The van der Waals surface area contributed by atoms with Crippen molar-refractivity contribution < 1.29 is 8.76 Å². The van der Waals surface area contributed by atoms with Gasteiger partial charge in [-0.2, -0.15) is 0 Å². The smallest absolute Gasteiger partial charge is 0.157 e. The summed E-state index contributed by atoms with van der Waals surface area (Å²) in [7, 11) is 0. The normalized spacial score (nSPS) is 12.9. The fourth-order valence-electron chi connectivity index (χ4n) is 1.48. The van der Waals surface area contributed by atoms with Crippen molar-refractivity contribution in [2.45, 2.75) is 5.75 Å². The van der Waals surface area contributed by atoms with Crippen LogP contribution in [-0.2, 0) is 16.8 Å². The van der Waals surface area contributed by atoms with Crippen LogP contribution in [0.15, 0.2) is 30.5 Å². The Morgan fingerprint density at radius 1 is 1.40 bits per heavy atom. The molecule has 2 rings (SSSR count). The monoisotopic (exact) mass is 222 g/mol. The number of nitrogen functional groups attached to an aromatic ring is 1. The number of nitrogens with zero attached hydrogens (tertiary/aromatic N) is 1. The molecule has 1 unspecified atom stereocenters. The highest BCUT2D eigenvalue weighted by Gasteiger charge is 2.06. The van der Waals surface area contributed by atoms with Gasteiger partial charge in [-0.05, 0) is 23.8 Å². The van der Waals surface area contributed by atoms with E-state index in [0.29, 0.717) is 11.3 Å². The molecule has 0 radical (unpaired) electrons. The number of benzene rings is 1. The second-order valence-electron chi connectivity index (χ2n) is 3.17. The van der Waals surface area contributed by atoms with Gasteiger partial charge in [-0.1, -0.05) is 6.07 Å². The Hall–Kier alpha value is -1.46. The average molecular weight is 222 g/mol. The van der Waals surface area contributed by atoms with Crippen LogP contribution in [0.4, 0.5) is 5.69 Å². The van der Waals surface area contributed by atoms with Crippen LogP contribution < -0.4 is 5.73 Å². The summed E-state index contributed by atoms with van der Waals surface area (Å²) in [5.41, 5.74) is 7.88. The van der Waals surface area contributed by atoms with E-state index >= 15 is 0 Å². The summed E-state index contributed by atoms with van der Waals surface area (Å²) in [5, 5.41) is 0.820. The van der Waals surface area contributed by atoms with Crippen LogP contribution in [0.2, 0.25) is 0 Å². The van der Waals surface area contributed by atoms with Gasteiger partial charge in [-0.15, -0.1) is 0 Å². The molecule has 0 bridgehead atoms. The molecular formula is C10H10N2O2S. The summed E-state index contributed by atoms with van der Waals surface area (Å²) in [6, 6.07) is 7.17. The third kappa shape index (κ3) is 1.98. The Morgan fingerprint density at radius 2 is 2.20 bits per heavy atom. The van der Waals surface area contributed by atoms with Gasteiger partial charge in [-0.25, -0.2) is 4.21 Å². The van der Waals surface area contributed by atoms with Crippen molar-refractivity contribution in [3.8, 4) is 0 Å². The van der Waals surface area contributed by atoms with Crippen LogP contribution in [0.1, 0.15) is 5.56 Å². The second kappa shape index (κ2) is 3.96. The molecule has 0 saturated heterocycles. The highest BCUT2D eigenvalue weighted by molar-refractivity contribution is 7.78. The Morgan fingerprint density at radius 3 is 2.93 bits per heavy atom. The van der Waals surface area contributed by atoms with Gasteiger partial charge < -0.3 is 10.3 Å². The molecule has 15 heavy (non-hydrogen) atoms. The Balaban J connectivity index is 2.59. The molecule has 1 aromatic carbocycles. The van der Waals surface area contributed by atoms with Crippen LogP contribution in [0.5, 0.6) is 0 Å². The van der Waals surface area contributed by atoms with E-state index in [2.05, 4.69) is 4.98 Å². The molecule has 0 saturated carbocycles. The Kier molecular flexibility index (Phi) is 2.66. The number of aromatic nitrogens is 1. The quantitative estimate of drug-likeness (QED) is 0.597. The maximum atomic E-state index is 10.7. The molecule has 1 heterocycles. The van der Waals surface area contributed by atoms with E-state index in [1.807, 2.05) is 6.07 Å². The molecule has 78 valence electrons. The largest absolute Gasteiger partial charge is 0.398 e. The number of nitrogens with two attached hydrogens (primary N) is 1. The summed E-state index contributed by atoms with van der Waals surface area (Å²) in [4.78, 5) is 4.14. The highest BCUT2D eigenvalue weighted by Crippen LogP contribution is 2.23. The standard InChI is InChI=1S/C10H10N2O2S/c11-10-7(6-15(13)14)3-4-9-8(10)2-1-5-12-9/h1-5H,6,11H2,(H,13,14). The second-order valence-corrected chi connectivity index (χ2v) is 4.11. The fourth-order valence-corrected chi connectivity index (χ4v) is 2.00. The molecule has 0 aliphatic heterocycles. The van der Waals surface area contributed by atoms with Gasteiger partial charge in [0.05, 0.1) is 11.3 Å². The van der Waals surface area contributed by atoms with Crippen LogP contribution in [0.3, 0.4) is 0 Å². The minimum Gasteiger partial charge on any atom is -0.398 e. The van der Waals surface area contributed by atoms with Crippen molar-refractivity contribution in [2.75, 3.05) is 5.73 Å². The molecule has 5 heteroatoms. The molecule has 2 aromatic rings. The van der Waals surface area contributed by atoms with Crippen LogP contribution in [0.25, 0.3) is 10.9 Å². The number of pyridine rings is 1. The maximum absolute atomic E-state index is 10.7. The first-order valence-corrected chi connectivity index (χ1v) is 5.65. The molecular weight excluding hydrogens is 212 g/mol. The lowest BCUT2D eigenvalue weighted by Crippen LogP contribution is -1.99. The minimum absolute atomic E-state index is 0.0522. The van der Waals surface area contributed by atoms with Gasteiger partial charge in [-0.3, -0.25) is 4.98 Å². The van der Waals surface area contributed by atoms with E-state index in [4.69, 9.17) is 10.3 Å². The van der Waals surface area contributed by atoms with Crippen LogP contribution >= 0.6 is 0 Å². The molecule has 0 fully saturated rings. The first-order chi connectivity index (χ1) is 7.18. The number of anilines is 1. The molecule has 1 aromatic heterocycles. The van der Waals surface area contributed by atoms with Gasteiger partial charge in [0.25, 0.3) is 0 Å². The first-order valence-electron chi connectivity index (χ1n) is 4.38. The molecule has 0 aliphatic rings. The van der Waals surface area contributed by atoms with Crippen molar-refractivity contribution >= 4 is 27.7 Å². The van der Waals surface area contributed by atoms with E-state index in [0.717, 1.165) is 10.9 Å². The first kappa shape index (κ1) is 10.1. The van der Waals surface area contributed by atoms with Crippen molar-refractivity contribution in [3.05, 3.63) is 36.0 Å². The lowest BCUT2D eigenvalue weighted by atomic mass is 10.1. The highest BCUT2D eigenvalue weighted by atomic mass is 32.2. The number of fused-ring (bicyclic) bond motifs is 1. The van der Waals surface area contributed by atoms with Gasteiger partial charge in [0.1, 0.15) is 0 Å². The molecule has 0 spiro atoms. The summed E-state index contributed by atoms with van der Waals surface area (Å²) in [6.07, 6.45) is 1.69. The van der Waals surface area contributed by atoms with Gasteiger partial charge in [0.2, 0.25) is 0 Å². The predicted molar refractivity (Wildman–Crippen MR) is 60.6 cm³/mol. The van der Waals surface area contributed by atoms with E-state index < -0.39 is 11.1 Å². The molecule has 3 N–H and O–H groups in total. The summed E-state index contributed by atoms with van der Waals surface area (Å²) in [6.45, 7) is 0. The summed E-state index contributed by atoms with van der Waals surface area (Å²) >= 11 is -1.87. The minimum atomic E-state index is -1.87. The Bertz CT molecular complexity index is 528. The SMILES string of the molecule is Nc1c(CS(=O)O)ccc2ncccc12. The third-order valence-corrected chi connectivity index (χ3v) is 2.75. The maximum Gasteiger partial charge on any atom is 0.157 e. The third-order valence-electron chi connectivity index (χ3n) is 2.20. The van der Waals surface area contributed by atoms with Gasteiger partial charge in [0, 0.05) is 17.3 Å². The predicted octanol–water partition coefficient (Wildman–Crippen LogP) is 1.54. The number of hydrogen-bond donors (Lipinski definition) is 2. The zero-order valence-electron chi connectivity index (χ0n) is 7.88. The number of rotatable bonds is 2. The van der Waals surface area contributed by atoms with Crippen molar-refractivity contribution in [1.29, 1.82) is 0 Å². The van der Waals surface area contributed by atoms with E-state index in [1.165, 1.54) is 0 Å². The molecule has 0 amide bonds. The topological polar surface area (TPSA) is 76.2 Å². The van der Waals surface area contributed by atoms with Crippen LogP contribution in [0, 0.1) is 0 Å². The van der Waals surface area contributed by atoms with Crippen molar-refractivity contribution in [3.63, 3.8) is 0 Å². The average Bonchev–Trinajstić information content (AvgIpc) is 2.22. The van der Waals surface area contributed by atoms with Gasteiger partial charge in [0.15, 0.2) is 11.1 Å². The summed E-state index contributed by atoms with van der Waals surface area (Å²) in [5.74, 6) is 0.0522. The van der Waals surface area contributed by atoms with E-state index in [1.54, 1.807) is 24.4 Å². The molecule has 4 nitrogen and oxygen atoms in total. The summed E-state index contributed by atoms with van der Waals surface area (Å²) < 4.78 is 19.5. The van der Waals surface area contributed by atoms with Crippen molar-refractivity contribution in [1.82, 2.24) is 4.98 Å². The van der Waals surface area contributed by atoms with E-state index in [-0.39, 0.29) is 5.75 Å². The number of hydrogen-bond acceptors (Lipinski definition) is 3.